The molecule has 0 atom stereocenters. The van der Waals surface area contributed by atoms with Gasteiger partial charge in [-0.25, -0.2) is 4.39 Å². The summed E-state index contributed by atoms with van der Waals surface area (Å²) in [6, 6.07) is 0. The monoisotopic (exact) mass is 139 g/mol. The number of halogens is 1. The fraction of sp³-hybridized carbons (Fsp3) is 0.250. The number of hydrogen-bond donors (Lipinski definition) is 0. The Morgan fingerprint density at radius 2 is 2.20 bits per heavy atom. The summed E-state index contributed by atoms with van der Waals surface area (Å²) in [7, 11) is 1.78. The maximum Gasteiger partial charge on any atom is 0.146 e. The van der Waals surface area contributed by atoms with Crippen molar-refractivity contribution in [2.75, 3.05) is 7.05 Å². The van der Waals surface area contributed by atoms with Gasteiger partial charge in [-0.3, -0.25) is 0 Å². The highest BCUT2D eigenvalue weighted by atomic mass is 19.1. The zero-order valence-electron chi connectivity index (χ0n) is 6.19. The van der Waals surface area contributed by atoms with E-state index < -0.39 is 0 Å². The first-order chi connectivity index (χ1) is 4.61. The minimum absolute atomic E-state index is 0.248. The molecule has 0 amide bonds. The molecule has 1 aliphatic heterocycles. The molecule has 1 nitrogen and oxygen atoms in total. The molecule has 1 aliphatic rings. The minimum atomic E-state index is -0.248. The molecule has 10 heavy (non-hydrogen) atoms. The maximum absolute atomic E-state index is 12.8. The fourth-order valence-electron chi connectivity index (χ4n) is 0.872. The van der Waals surface area contributed by atoms with E-state index in [0.29, 0.717) is 5.70 Å². The molecular weight excluding hydrogens is 129 g/mol. The molecule has 0 bridgehead atoms. The first-order valence-corrected chi connectivity index (χ1v) is 3.09. The number of likely N-dealkylation sites (N-methyl/N-ethyl adjacent to an activating group) is 1. The average Bonchev–Trinajstić information content (AvgIpc) is 1.82. The highest BCUT2D eigenvalue weighted by molar-refractivity contribution is 5.35. The zero-order valence-corrected chi connectivity index (χ0v) is 6.19. The lowest BCUT2D eigenvalue weighted by Crippen LogP contribution is -2.13. The Labute approximate surface area is 60.1 Å². The molecule has 0 unspecified atom stereocenters. The smallest absolute Gasteiger partial charge is 0.146 e. The lowest BCUT2D eigenvalue weighted by molar-refractivity contribution is 0.505. The Morgan fingerprint density at radius 1 is 1.60 bits per heavy atom. The molecule has 0 fully saturated rings. The lowest BCUT2D eigenvalue weighted by atomic mass is 10.2. The van der Waals surface area contributed by atoms with Gasteiger partial charge in [-0.2, -0.15) is 0 Å². The largest absolute Gasteiger partial charge is 0.349 e. The van der Waals surface area contributed by atoms with Gasteiger partial charge in [0.25, 0.3) is 0 Å². The first kappa shape index (κ1) is 7.06. The molecule has 0 spiro atoms. The van der Waals surface area contributed by atoms with Gasteiger partial charge in [-0.05, 0) is 18.6 Å². The van der Waals surface area contributed by atoms with E-state index in [9.17, 15) is 4.39 Å². The summed E-state index contributed by atoms with van der Waals surface area (Å²) in [5.74, 6) is -0.248. The third-order valence-electron chi connectivity index (χ3n) is 1.45. The molecule has 1 rings (SSSR count). The Hall–Kier alpha value is -1.05. The summed E-state index contributed by atoms with van der Waals surface area (Å²) in [5, 5.41) is 0. The van der Waals surface area contributed by atoms with Crippen molar-refractivity contribution in [2.45, 2.75) is 6.92 Å². The van der Waals surface area contributed by atoms with Crippen LogP contribution in [-0.4, -0.2) is 11.9 Å². The van der Waals surface area contributed by atoms with Crippen LogP contribution in [0.3, 0.4) is 0 Å². The fourth-order valence-corrected chi connectivity index (χ4v) is 0.872. The standard InChI is InChI=1S/C8H10FN/c1-6-4-8(9)7(2)10(3)5-6/h4-5H,2H2,1,3H3. The number of nitrogens with zero attached hydrogens (tertiary/aromatic N) is 1. The molecule has 0 aliphatic carbocycles. The predicted octanol–water partition coefficient (Wildman–Crippen LogP) is 2.20. The van der Waals surface area contributed by atoms with Gasteiger partial charge < -0.3 is 4.90 Å². The molecule has 0 saturated carbocycles. The van der Waals surface area contributed by atoms with E-state index in [0.717, 1.165) is 5.57 Å². The van der Waals surface area contributed by atoms with Gasteiger partial charge in [0, 0.05) is 13.2 Å². The third kappa shape index (κ3) is 1.10. The van der Waals surface area contributed by atoms with Gasteiger partial charge in [-0.1, -0.05) is 6.58 Å². The van der Waals surface area contributed by atoms with Crippen LogP contribution in [0.5, 0.6) is 0 Å². The number of hydrogen-bond acceptors (Lipinski definition) is 1. The van der Waals surface area contributed by atoms with Crippen molar-refractivity contribution in [3.63, 3.8) is 0 Å². The highest BCUT2D eigenvalue weighted by Gasteiger charge is 2.09. The molecule has 1 heterocycles. The van der Waals surface area contributed by atoms with Crippen molar-refractivity contribution < 1.29 is 4.39 Å². The van der Waals surface area contributed by atoms with Crippen LogP contribution in [0.2, 0.25) is 0 Å². The van der Waals surface area contributed by atoms with E-state index >= 15 is 0 Å². The van der Waals surface area contributed by atoms with Crippen LogP contribution in [0.15, 0.2) is 36.0 Å². The molecular formula is C8H10FN. The van der Waals surface area contributed by atoms with Gasteiger partial charge in [0.15, 0.2) is 0 Å². The molecule has 0 saturated heterocycles. The summed E-state index contributed by atoms with van der Waals surface area (Å²) in [6.07, 6.45) is 3.31. The number of rotatable bonds is 0. The van der Waals surface area contributed by atoms with Gasteiger partial charge in [0.1, 0.15) is 5.83 Å². The number of allylic oxidation sites excluding steroid dienone is 3. The van der Waals surface area contributed by atoms with Crippen molar-refractivity contribution in [3.8, 4) is 0 Å². The Balaban J connectivity index is 2.95. The van der Waals surface area contributed by atoms with Crippen molar-refractivity contribution in [1.82, 2.24) is 4.90 Å². The maximum atomic E-state index is 12.8. The average molecular weight is 139 g/mol. The van der Waals surface area contributed by atoms with Gasteiger partial charge in [-0.15, -0.1) is 0 Å². The second-order valence-electron chi connectivity index (χ2n) is 2.42. The molecule has 0 aromatic carbocycles. The van der Waals surface area contributed by atoms with Crippen LogP contribution < -0.4 is 0 Å². The van der Waals surface area contributed by atoms with E-state index in [-0.39, 0.29) is 5.83 Å². The minimum Gasteiger partial charge on any atom is -0.349 e. The highest BCUT2D eigenvalue weighted by Crippen LogP contribution is 2.21. The first-order valence-electron chi connectivity index (χ1n) is 3.09. The van der Waals surface area contributed by atoms with Crippen LogP contribution in [0.1, 0.15) is 6.92 Å². The SMILES string of the molecule is C=C1C(F)=CC(C)=CN1C. The molecule has 54 valence electrons. The quantitative estimate of drug-likeness (QED) is 0.497. The van der Waals surface area contributed by atoms with Gasteiger partial charge in [0.2, 0.25) is 0 Å². The van der Waals surface area contributed by atoms with Crippen molar-refractivity contribution in [2.24, 2.45) is 0 Å². The summed E-state index contributed by atoms with van der Waals surface area (Å²) in [4.78, 5) is 1.67. The van der Waals surface area contributed by atoms with E-state index in [1.165, 1.54) is 6.08 Å². The normalized spacial score (nSPS) is 18.7. The second-order valence-corrected chi connectivity index (χ2v) is 2.42. The topological polar surface area (TPSA) is 3.24 Å². The van der Waals surface area contributed by atoms with E-state index in [4.69, 9.17) is 0 Å². The van der Waals surface area contributed by atoms with Gasteiger partial charge in [0.05, 0.1) is 5.70 Å². The Bertz CT molecular complexity index is 225. The van der Waals surface area contributed by atoms with E-state index in [1.807, 2.05) is 13.1 Å². The van der Waals surface area contributed by atoms with Crippen LogP contribution >= 0.6 is 0 Å². The molecule has 0 radical (unpaired) electrons. The zero-order chi connectivity index (χ0) is 7.72. The van der Waals surface area contributed by atoms with Crippen molar-refractivity contribution in [1.29, 1.82) is 0 Å². The van der Waals surface area contributed by atoms with Crippen LogP contribution in [-0.2, 0) is 0 Å². The third-order valence-corrected chi connectivity index (χ3v) is 1.45. The van der Waals surface area contributed by atoms with Crippen LogP contribution in [0.25, 0.3) is 0 Å². The van der Waals surface area contributed by atoms with Crippen LogP contribution in [0.4, 0.5) is 4.39 Å². The van der Waals surface area contributed by atoms with E-state index in [1.54, 1.807) is 11.9 Å². The molecule has 0 N–H and O–H groups in total. The van der Waals surface area contributed by atoms with Gasteiger partial charge >= 0.3 is 0 Å². The molecule has 2 heteroatoms. The Morgan fingerprint density at radius 3 is 2.70 bits per heavy atom. The molecule has 0 aromatic rings. The Kier molecular flexibility index (Phi) is 1.62. The second kappa shape index (κ2) is 2.29. The summed E-state index contributed by atoms with van der Waals surface area (Å²) in [6.45, 7) is 5.40. The molecule has 0 aromatic heterocycles. The predicted molar refractivity (Wildman–Crippen MR) is 39.9 cm³/mol. The lowest BCUT2D eigenvalue weighted by Gasteiger charge is -2.20. The van der Waals surface area contributed by atoms with E-state index in [2.05, 4.69) is 6.58 Å². The summed E-state index contributed by atoms with van der Waals surface area (Å²) >= 11 is 0. The summed E-state index contributed by atoms with van der Waals surface area (Å²) < 4.78 is 12.8. The van der Waals surface area contributed by atoms with Crippen molar-refractivity contribution >= 4 is 0 Å². The summed E-state index contributed by atoms with van der Waals surface area (Å²) in [5.41, 5.74) is 1.33. The van der Waals surface area contributed by atoms with Crippen LogP contribution in [0, 0.1) is 0 Å². The van der Waals surface area contributed by atoms with Crippen molar-refractivity contribution in [3.05, 3.63) is 36.0 Å².